The van der Waals surface area contributed by atoms with Crippen molar-refractivity contribution in [1.82, 2.24) is 22.7 Å². The lowest BCUT2D eigenvalue weighted by Gasteiger charge is -2.39. The van der Waals surface area contributed by atoms with E-state index < -0.39 is 20.2 Å². The SMILES string of the molecule is CCN(CC)S(=O)(=O)c1ccc(C(=O)N2CCN(S(=O)(=O)N3CCN(C)CC3)CC2)cc1. The number of nitrogens with zero attached hydrogens (tertiary/aromatic N) is 5. The van der Waals surface area contributed by atoms with Crippen LogP contribution in [0.15, 0.2) is 29.2 Å². The number of hydrogen-bond donors (Lipinski definition) is 0. The maximum Gasteiger partial charge on any atom is 0.282 e. The lowest BCUT2D eigenvalue weighted by atomic mass is 10.2. The van der Waals surface area contributed by atoms with Crippen LogP contribution in [0.3, 0.4) is 0 Å². The van der Waals surface area contributed by atoms with Gasteiger partial charge in [0.05, 0.1) is 4.90 Å². The molecule has 0 aromatic heterocycles. The first-order chi connectivity index (χ1) is 15.1. The lowest BCUT2D eigenvalue weighted by molar-refractivity contribution is 0.0692. The number of amides is 1. The Morgan fingerprint density at radius 2 is 1.28 bits per heavy atom. The molecule has 1 aromatic rings. The summed E-state index contributed by atoms with van der Waals surface area (Å²) in [6, 6.07) is 5.95. The summed E-state index contributed by atoms with van der Waals surface area (Å²) < 4.78 is 55.4. The fourth-order valence-electron chi connectivity index (χ4n) is 3.97. The summed E-state index contributed by atoms with van der Waals surface area (Å²) in [4.78, 5) is 16.8. The first-order valence-electron chi connectivity index (χ1n) is 10.9. The molecule has 0 saturated carbocycles. The van der Waals surface area contributed by atoms with Crippen molar-refractivity contribution < 1.29 is 21.6 Å². The van der Waals surface area contributed by atoms with Crippen LogP contribution >= 0.6 is 0 Å². The van der Waals surface area contributed by atoms with Crippen LogP contribution in [0.4, 0.5) is 0 Å². The first kappa shape index (κ1) is 25.1. The van der Waals surface area contributed by atoms with Crippen LogP contribution in [0.2, 0.25) is 0 Å². The minimum Gasteiger partial charge on any atom is -0.336 e. The maximum absolute atomic E-state index is 12.9. The van der Waals surface area contributed by atoms with E-state index in [-0.39, 0.29) is 23.9 Å². The quantitative estimate of drug-likeness (QED) is 0.535. The third-order valence-corrected chi connectivity index (χ3v) is 10.2. The van der Waals surface area contributed by atoms with E-state index in [1.807, 2.05) is 7.05 Å². The first-order valence-corrected chi connectivity index (χ1v) is 13.8. The van der Waals surface area contributed by atoms with Crippen LogP contribution in [0.25, 0.3) is 0 Å². The third-order valence-electron chi connectivity index (χ3n) is 6.09. The Balaban J connectivity index is 1.62. The van der Waals surface area contributed by atoms with E-state index in [0.29, 0.717) is 57.9 Å². The summed E-state index contributed by atoms with van der Waals surface area (Å²) in [6.07, 6.45) is 0. The molecule has 0 N–H and O–H groups in total. The molecule has 0 atom stereocenters. The van der Waals surface area contributed by atoms with Gasteiger partial charge in [-0.25, -0.2) is 8.42 Å². The summed E-state index contributed by atoms with van der Waals surface area (Å²) in [7, 11) is -5.13. The molecule has 32 heavy (non-hydrogen) atoms. The van der Waals surface area contributed by atoms with Crippen LogP contribution in [0, 0.1) is 0 Å². The number of piperazine rings is 2. The molecule has 3 rings (SSSR count). The second-order valence-electron chi connectivity index (χ2n) is 8.02. The van der Waals surface area contributed by atoms with Gasteiger partial charge >= 0.3 is 0 Å². The van der Waals surface area contributed by atoms with Crippen LogP contribution < -0.4 is 0 Å². The number of carbonyl (C=O) groups is 1. The number of carbonyl (C=O) groups excluding carboxylic acids is 1. The molecule has 1 aromatic carbocycles. The Labute approximate surface area is 191 Å². The van der Waals surface area contributed by atoms with E-state index in [9.17, 15) is 21.6 Å². The molecule has 10 nitrogen and oxygen atoms in total. The summed E-state index contributed by atoms with van der Waals surface area (Å²) >= 11 is 0. The molecule has 2 heterocycles. The summed E-state index contributed by atoms with van der Waals surface area (Å²) in [5.41, 5.74) is 0.388. The average molecular weight is 488 g/mol. The Morgan fingerprint density at radius 1 is 0.812 bits per heavy atom. The minimum absolute atomic E-state index is 0.154. The van der Waals surface area contributed by atoms with E-state index in [2.05, 4.69) is 4.90 Å². The molecule has 0 bridgehead atoms. The highest BCUT2D eigenvalue weighted by molar-refractivity contribution is 7.89. The van der Waals surface area contributed by atoms with E-state index in [0.717, 1.165) is 0 Å². The number of likely N-dealkylation sites (N-methyl/N-ethyl adjacent to an activating group) is 1. The van der Waals surface area contributed by atoms with Crippen molar-refractivity contribution in [2.75, 3.05) is 72.5 Å². The molecule has 0 aliphatic carbocycles. The topological polar surface area (TPSA) is 102 Å². The predicted octanol–water partition coefficient (Wildman–Crippen LogP) is -0.0329. The van der Waals surface area contributed by atoms with Crippen molar-refractivity contribution in [2.45, 2.75) is 18.7 Å². The Morgan fingerprint density at radius 3 is 1.75 bits per heavy atom. The van der Waals surface area contributed by atoms with Gasteiger partial charge < -0.3 is 9.80 Å². The highest BCUT2D eigenvalue weighted by Crippen LogP contribution is 2.19. The lowest BCUT2D eigenvalue weighted by Crippen LogP contribution is -2.57. The molecule has 12 heteroatoms. The normalized spacial score (nSPS) is 20.1. The number of sulfonamides is 1. The molecule has 1 amide bonds. The largest absolute Gasteiger partial charge is 0.336 e. The van der Waals surface area contributed by atoms with Crippen LogP contribution in [0.1, 0.15) is 24.2 Å². The van der Waals surface area contributed by atoms with Crippen molar-refractivity contribution in [1.29, 1.82) is 0 Å². The minimum atomic E-state index is -3.58. The van der Waals surface area contributed by atoms with Gasteiger partial charge in [-0.3, -0.25) is 4.79 Å². The van der Waals surface area contributed by atoms with Crippen molar-refractivity contribution >= 4 is 26.1 Å². The standard InChI is InChI=1S/C20H33N5O5S2/c1-4-23(5-2)31(27,28)19-8-6-18(7-9-19)20(26)22-12-16-25(17-13-22)32(29,30)24-14-10-21(3)11-15-24/h6-9H,4-5,10-17H2,1-3H3. The molecule has 0 unspecified atom stereocenters. The highest BCUT2D eigenvalue weighted by Gasteiger charge is 2.35. The number of hydrogen-bond acceptors (Lipinski definition) is 6. The molecule has 180 valence electrons. The van der Waals surface area contributed by atoms with Crippen LogP contribution in [-0.4, -0.2) is 118 Å². The van der Waals surface area contributed by atoms with Crippen molar-refractivity contribution in [3.8, 4) is 0 Å². The highest BCUT2D eigenvalue weighted by atomic mass is 32.2. The summed E-state index contributed by atoms with van der Waals surface area (Å²) in [5.74, 6) is -0.228. The van der Waals surface area contributed by atoms with E-state index in [1.54, 1.807) is 18.7 Å². The van der Waals surface area contributed by atoms with Gasteiger partial charge in [0.15, 0.2) is 0 Å². The number of benzene rings is 1. The van der Waals surface area contributed by atoms with Gasteiger partial charge in [0, 0.05) is 71.0 Å². The Kier molecular flexibility index (Phi) is 7.94. The zero-order valence-corrected chi connectivity index (χ0v) is 20.6. The molecule has 2 aliphatic rings. The molecule has 2 saturated heterocycles. The summed E-state index contributed by atoms with van der Waals surface area (Å²) in [5, 5.41) is 0. The molecular weight excluding hydrogens is 454 g/mol. The fraction of sp³-hybridized carbons (Fsp3) is 0.650. The van der Waals surface area contributed by atoms with Crippen molar-refractivity contribution in [3.05, 3.63) is 29.8 Å². The van der Waals surface area contributed by atoms with Gasteiger partial charge in [-0.2, -0.15) is 21.3 Å². The predicted molar refractivity (Wildman–Crippen MR) is 122 cm³/mol. The average Bonchev–Trinajstić information content (AvgIpc) is 2.79. The van der Waals surface area contributed by atoms with E-state index in [4.69, 9.17) is 0 Å². The zero-order valence-electron chi connectivity index (χ0n) is 19.0. The van der Waals surface area contributed by atoms with Gasteiger partial charge in [0.2, 0.25) is 10.0 Å². The van der Waals surface area contributed by atoms with Gasteiger partial charge in [-0.15, -0.1) is 0 Å². The molecule has 0 spiro atoms. The van der Waals surface area contributed by atoms with E-state index in [1.165, 1.54) is 37.2 Å². The maximum atomic E-state index is 12.9. The van der Waals surface area contributed by atoms with Crippen LogP contribution in [0.5, 0.6) is 0 Å². The molecular formula is C20H33N5O5S2. The summed E-state index contributed by atoms with van der Waals surface area (Å²) in [6.45, 7) is 7.75. The smallest absolute Gasteiger partial charge is 0.282 e. The van der Waals surface area contributed by atoms with Crippen LogP contribution in [-0.2, 0) is 20.2 Å². The molecule has 0 radical (unpaired) electrons. The molecule has 2 aliphatic heterocycles. The Bertz CT molecular complexity index is 993. The second kappa shape index (κ2) is 10.1. The second-order valence-corrected chi connectivity index (χ2v) is 11.9. The zero-order chi connectivity index (χ0) is 23.5. The van der Waals surface area contributed by atoms with Gasteiger partial charge in [0.25, 0.3) is 16.1 Å². The Hall–Kier alpha value is -1.57. The fourth-order valence-corrected chi connectivity index (χ4v) is 7.00. The van der Waals surface area contributed by atoms with Crippen molar-refractivity contribution in [2.24, 2.45) is 0 Å². The molecule has 2 fully saturated rings. The van der Waals surface area contributed by atoms with Gasteiger partial charge in [-0.05, 0) is 31.3 Å². The monoisotopic (exact) mass is 487 g/mol. The van der Waals surface area contributed by atoms with Gasteiger partial charge in [-0.1, -0.05) is 13.8 Å². The third kappa shape index (κ3) is 5.15. The van der Waals surface area contributed by atoms with Crippen molar-refractivity contribution in [3.63, 3.8) is 0 Å². The van der Waals surface area contributed by atoms with E-state index >= 15 is 0 Å². The number of rotatable bonds is 7. The van der Waals surface area contributed by atoms with Gasteiger partial charge in [0.1, 0.15) is 0 Å².